The molecular weight excluding hydrogens is 142 g/mol. The number of hydrogen-bond donors (Lipinski definition) is 1. The van der Waals surface area contributed by atoms with Crippen molar-refractivity contribution in [3.05, 3.63) is 0 Å². The van der Waals surface area contributed by atoms with Crippen molar-refractivity contribution in [2.24, 2.45) is 0 Å². The van der Waals surface area contributed by atoms with Crippen molar-refractivity contribution in [1.82, 2.24) is 5.32 Å². The molecule has 0 aromatic rings. The maximum Gasteiger partial charge on any atom is 0.217 e. The van der Waals surface area contributed by atoms with Gasteiger partial charge in [0, 0.05) is 19.6 Å². The van der Waals surface area contributed by atoms with E-state index in [9.17, 15) is 4.79 Å². The first-order valence-electron chi connectivity index (χ1n) is 4.07. The van der Waals surface area contributed by atoms with Gasteiger partial charge in [-0.3, -0.25) is 4.79 Å². The third kappa shape index (κ3) is 2.89. The third-order valence-corrected chi connectivity index (χ3v) is 1.89. The summed E-state index contributed by atoms with van der Waals surface area (Å²) < 4.78 is 5.34. The van der Waals surface area contributed by atoms with E-state index < -0.39 is 0 Å². The summed E-state index contributed by atoms with van der Waals surface area (Å²) in [7, 11) is 0. The Bertz CT molecular complexity index is 147. The first-order valence-corrected chi connectivity index (χ1v) is 4.07. The molecule has 0 radical (unpaired) electrons. The van der Waals surface area contributed by atoms with Crippen molar-refractivity contribution in [2.75, 3.05) is 6.61 Å². The topological polar surface area (TPSA) is 38.3 Å². The number of rotatable bonds is 1. The average Bonchev–Trinajstić information content (AvgIpc) is 1.85. The molecular formula is C8H15NO2. The fourth-order valence-electron chi connectivity index (χ4n) is 1.42. The Hall–Kier alpha value is -0.570. The van der Waals surface area contributed by atoms with Crippen LogP contribution in [0.2, 0.25) is 0 Å². The van der Waals surface area contributed by atoms with Crippen molar-refractivity contribution < 1.29 is 9.53 Å². The van der Waals surface area contributed by atoms with Gasteiger partial charge in [0.2, 0.25) is 5.91 Å². The maximum absolute atomic E-state index is 10.7. The number of carbonyl (C=O) groups excluding carboxylic acids is 1. The van der Waals surface area contributed by atoms with Crippen LogP contribution in [-0.2, 0) is 9.53 Å². The zero-order valence-corrected chi connectivity index (χ0v) is 7.09. The zero-order chi connectivity index (χ0) is 8.27. The Labute approximate surface area is 67.1 Å². The van der Waals surface area contributed by atoms with Gasteiger partial charge < -0.3 is 10.1 Å². The fraction of sp³-hybridized carbons (Fsp3) is 0.875. The van der Waals surface area contributed by atoms with Gasteiger partial charge >= 0.3 is 0 Å². The Morgan fingerprint density at radius 1 is 1.64 bits per heavy atom. The van der Waals surface area contributed by atoms with E-state index in [1.54, 1.807) is 6.92 Å². The smallest absolute Gasteiger partial charge is 0.217 e. The van der Waals surface area contributed by atoms with E-state index in [1.807, 2.05) is 6.92 Å². The highest BCUT2D eigenvalue weighted by atomic mass is 16.5. The summed E-state index contributed by atoms with van der Waals surface area (Å²) in [4.78, 5) is 10.7. The molecule has 1 aliphatic rings. The van der Waals surface area contributed by atoms with E-state index in [-0.39, 0.29) is 5.91 Å². The summed E-state index contributed by atoms with van der Waals surface area (Å²) >= 11 is 0. The van der Waals surface area contributed by atoms with Gasteiger partial charge in [-0.2, -0.15) is 0 Å². The molecule has 1 aliphatic heterocycles. The highest BCUT2D eigenvalue weighted by Crippen LogP contribution is 2.12. The van der Waals surface area contributed by atoms with Crippen LogP contribution in [0.4, 0.5) is 0 Å². The SMILES string of the molecule is CC(=O)NC1CCOC(C)C1. The minimum Gasteiger partial charge on any atom is -0.378 e. The molecule has 1 saturated heterocycles. The summed E-state index contributed by atoms with van der Waals surface area (Å²) in [6, 6.07) is 0.330. The number of ether oxygens (including phenoxy) is 1. The highest BCUT2D eigenvalue weighted by Gasteiger charge is 2.19. The van der Waals surface area contributed by atoms with Crippen LogP contribution in [0, 0.1) is 0 Å². The molecule has 0 aliphatic carbocycles. The average molecular weight is 157 g/mol. The first kappa shape index (κ1) is 8.53. The molecule has 3 nitrogen and oxygen atoms in total. The van der Waals surface area contributed by atoms with Crippen molar-refractivity contribution >= 4 is 5.91 Å². The van der Waals surface area contributed by atoms with Crippen LogP contribution in [0.5, 0.6) is 0 Å². The molecule has 11 heavy (non-hydrogen) atoms. The molecule has 3 heteroatoms. The Morgan fingerprint density at radius 3 is 2.91 bits per heavy atom. The van der Waals surface area contributed by atoms with Gasteiger partial charge in [0.25, 0.3) is 0 Å². The lowest BCUT2D eigenvalue weighted by molar-refractivity contribution is -0.120. The van der Waals surface area contributed by atoms with Crippen LogP contribution < -0.4 is 5.32 Å². The lowest BCUT2D eigenvalue weighted by atomic mass is 10.0. The minimum absolute atomic E-state index is 0.0594. The molecule has 0 aromatic carbocycles. The predicted octanol–water partition coefficient (Wildman–Crippen LogP) is 0.690. The van der Waals surface area contributed by atoms with Crippen molar-refractivity contribution in [3.8, 4) is 0 Å². The van der Waals surface area contributed by atoms with Crippen LogP contribution in [0.25, 0.3) is 0 Å². The molecule has 2 unspecified atom stereocenters. The van der Waals surface area contributed by atoms with Crippen LogP contribution in [0.15, 0.2) is 0 Å². The Balaban J connectivity index is 2.28. The van der Waals surface area contributed by atoms with Gasteiger partial charge in [0.05, 0.1) is 6.10 Å². The van der Waals surface area contributed by atoms with Crippen LogP contribution >= 0.6 is 0 Å². The Morgan fingerprint density at radius 2 is 2.36 bits per heavy atom. The van der Waals surface area contributed by atoms with Crippen molar-refractivity contribution in [2.45, 2.75) is 38.8 Å². The van der Waals surface area contributed by atoms with E-state index in [2.05, 4.69) is 5.32 Å². The number of carbonyl (C=O) groups is 1. The zero-order valence-electron chi connectivity index (χ0n) is 7.09. The second-order valence-electron chi connectivity index (χ2n) is 3.10. The van der Waals surface area contributed by atoms with Gasteiger partial charge in [-0.15, -0.1) is 0 Å². The van der Waals surface area contributed by atoms with Gasteiger partial charge in [-0.1, -0.05) is 0 Å². The quantitative estimate of drug-likeness (QED) is 0.608. The monoisotopic (exact) mass is 157 g/mol. The van der Waals surface area contributed by atoms with Gasteiger partial charge in [-0.25, -0.2) is 0 Å². The highest BCUT2D eigenvalue weighted by molar-refractivity contribution is 5.73. The summed E-state index contributed by atoms with van der Waals surface area (Å²) in [5.74, 6) is 0.0594. The predicted molar refractivity (Wildman–Crippen MR) is 42.3 cm³/mol. The van der Waals surface area contributed by atoms with Gasteiger partial charge in [0.15, 0.2) is 0 Å². The van der Waals surface area contributed by atoms with E-state index in [1.165, 1.54) is 0 Å². The molecule has 1 fully saturated rings. The second-order valence-corrected chi connectivity index (χ2v) is 3.10. The normalized spacial score (nSPS) is 31.5. The fourth-order valence-corrected chi connectivity index (χ4v) is 1.42. The summed E-state index contributed by atoms with van der Waals surface area (Å²) in [6.45, 7) is 4.36. The molecule has 1 amide bonds. The standard InChI is InChI=1S/C8H15NO2/c1-6-5-8(3-4-11-6)9-7(2)10/h6,8H,3-5H2,1-2H3,(H,9,10). The summed E-state index contributed by atoms with van der Waals surface area (Å²) in [5, 5.41) is 2.89. The summed E-state index contributed by atoms with van der Waals surface area (Å²) in [6.07, 6.45) is 2.18. The lowest BCUT2D eigenvalue weighted by Gasteiger charge is -2.27. The molecule has 0 bridgehead atoms. The van der Waals surface area contributed by atoms with Gasteiger partial charge in [0.1, 0.15) is 0 Å². The van der Waals surface area contributed by atoms with Gasteiger partial charge in [-0.05, 0) is 19.8 Å². The number of nitrogens with one attached hydrogen (secondary N) is 1. The molecule has 0 saturated carbocycles. The van der Waals surface area contributed by atoms with E-state index in [0.717, 1.165) is 19.4 Å². The third-order valence-electron chi connectivity index (χ3n) is 1.89. The summed E-state index contributed by atoms with van der Waals surface area (Å²) in [5.41, 5.74) is 0. The van der Waals surface area contributed by atoms with E-state index in [4.69, 9.17) is 4.74 Å². The Kier molecular flexibility index (Phi) is 2.88. The van der Waals surface area contributed by atoms with E-state index >= 15 is 0 Å². The molecule has 1 N–H and O–H groups in total. The second kappa shape index (κ2) is 3.72. The van der Waals surface area contributed by atoms with Crippen LogP contribution in [0.1, 0.15) is 26.7 Å². The molecule has 0 spiro atoms. The van der Waals surface area contributed by atoms with Crippen LogP contribution in [0.3, 0.4) is 0 Å². The molecule has 64 valence electrons. The molecule has 2 atom stereocenters. The molecule has 0 aromatic heterocycles. The number of hydrogen-bond acceptors (Lipinski definition) is 2. The van der Waals surface area contributed by atoms with Crippen molar-refractivity contribution in [3.63, 3.8) is 0 Å². The minimum atomic E-state index is 0.0594. The molecule has 1 heterocycles. The van der Waals surface area contributed by atoms with Crippen LogP contribution in [-0.4, -0.2) is 24.7 Å². The van der Waals surface area contributed by atoms with E-state index in [0.29, 0.717) is 12.1 Å². The largest absolute Gasteiger partial charge is 0.378 e. The first-order chi connectivity index (χ1) is 5.18. The maximum atomic E-state index is 10.7. The molecule has 1 rings (SSSR count). The lowest BCUT2D eigenvalue weighted by Crippen LogP contribution is -2.40. The van der Waals surface area contributed by atoms with Crippen molar-refractivity contribution in [1.29, 1.82) is 0 Å². The number of amides is 1.